The number of methoxy groups -OCH3 is 1. The van der Waals surface area contributed by atoms with E-state index in [0.29, 0.717) is 0 Å². The minimum absolute atomic E-state index is 0.132. The number of aromatic nitrogens is 2. The van der Waals surface area contributed by atoms with E-state index in [0.717, 1.165) is 0 Å². The highest BCUT2D eigenvalue weighted by molar-refractivity contribution is 5.90. The van der Waals surface area contributed by atoms with E-state index in [1.54, 1.807) is 0 Å². The van der Waals surface area contributed by atoms with Gasteiger partial charge < -0.3 is 9.26 Å². The van der Waals surface area contributed by atoms with E-state index in [9.17, 15) is 26.7 Å². The van der Waals surface area contributed by atoms with Crippen molar-refractivity contribution in [2.45, 2.75) is 0 Å². The first-order valence-electron chi connectivity index (χ1n) is 6.89. The Morgan fingerprint density at radius 2 is 1.62 bits per heavy atom. The molecule has 134 valence electrons. The van der Waals surface area contributed by atoms with Gasteiger partial charge in [0.15, 0.2) is 23.3 Å². The smallest absolute Gasteiger partial charge is 0.337 e. The summed E-state index contributed by atoms with van der Waals surface area (Å²) in [5, 5.41) is 3.44. The molecular weight excluding hydrogens is 363 g/mol. The van der Waals surface area contributed by atoms with Gasteiger partial charge in [-0.2, -0.15) is 4.98 Å². The van der Waals surface area contributed by atoms with Crippen LogP contribution in [0.25, 0.3) is 22.8 Å². The predicted octanol–water partition coefficient (Wildman–Crippen LogP) is 3.89. The molecule has 0 aliphatic carbocycles. The number of ether oxygens (including phenoxy) is 1. The Bertz CT molecular complexity index is 990. The van der Waals surface area contributed by atoms with Gasteiger partial charge in [0, 0.05) is 5.56 Å². The molecule has 0 N–H and O–H groups in total. The summed E-state index contributed by atoms with van der Waals surface area (Å²) in [7, 11) is 1.17. The SMILES string of the molecule is COC(=O)c1cccc(-c2noc(-c3c(F)c(F)c(F)c(F)c3F)n2)c1. The van der Waals surface area contributed by atoms with E-state index >= 15 is 0 Å². The molecule has 0 radical (unpaired) electrons. The van der Waals surface area contributed by atoms with Gasteiger partial charge in [-0.3, -0.25) is 0 Å². The van der Waals surface area contributed by atoms with Gasteiger partial charge in [-0.05, 0) is 12.1 Å². The fourth-order valence-electron chi connectivity index (χ4n) is 2.14. The maximum atomic E-state index is 13.8. The maximum absolute atomic E-state index is 13.8. The fourth-order valence-corrected chi connectivity index (χ4v) is 2.14. The molecule has 3 rings (SSSR count). The second-order valence-corrected chi connectivity index (χ2v) is 4.94. The molecule has 1 heterocycles. The van der Waals surface area contributed by atoms with Gasteiger partial charge in [0.2, 0.25) is 11.6 Å². The second kappa shape index (κ2) is 6.54. The first-order chi connectivity index (χ1) is 12.3. The monoisotopic (exact) mass is 370 g/mol. The van der Waals surface area contributed by atoms with E-state index in [-0.39, 0.29) is 17.0 Å². The molecule has 0 amide bonds. The van der Waals surface area contributed by atoms with Crippen LogP contribution in [0.3, 0.4) is 0 Å². The normalized spacial score (nSPS) is 10.8. The minimum atomic E-state index is -2.30. The molecule has 0 aliphatic heterocycles. The largest absolute Gasteiger partial charge is 0.465 e. The molecule has 0 spiro atoms. The van der Waals surface area contributed by atoms with E-state index < -0.39 is 46.5 Å². The third-order valence-corrected chi connectivity index (χ3v) is 3.39. The summed E-state index contributed by atoms with van der Waals surface area (Å²) in [5.41, 5.74) is -1.01. The first-order valence-corrected chi connectivity index (χ1v) is 6.89. The van der Waals surface area contributed by atoms with Crippen LogP contribution in [0.15, 0.2) is 28.8 Å². The van der Waals surface area contributed by atoms with Crippen LogP contribution in [0.1, 0.15) is 10.4 Å². The summed E-state index contributed by atoms with van der Waals surface area (Å²) >= 11 is 0. The van der Waals surface area contributed by atoms with Crippen LogP contribution in [0.4, 0.5) is 22.0 Å². The van der Waals surface area contributed by atoms with Gasteiger partial charge in [-0.15, -0.1) is 0 Å². The van der Waals surface area contributed by atoms with Crippen LogP contribution < -0.4 is 0 Å². The van der Waals surface area contributed by atoms with Crippen molar-refractivity contribution in [1.82, 2.24) is 10.1 Å². The Morgan fingerprint density at radius 1 is 1.00 bits per heavy atom. The lowest BCUT2D eigenvalue weighted by Gasteiger charge is -2.04. The van der Waals surface area contributed by atoms with Gasteiger partial charge in [0.25, 0.3) is 5.89 Å². The van der Waals surface area contributed by atoms with Crippen LogP contribution in [-0.4, -0.2) is 23.2 Å². The summed E-state index contributed by atoms with van der Waals surface area (Å²) in [6.45, 7) is 0. The van der Waals surface area contributed by atoms with Crippen LogP contribution in [0.2, 0.25) is 0 Å². The number of esters is 1. The van der Waals surface area contributed by atoms with Crippen LogP contribution >= 0.6 is 0 Å². The zero-order chi connectivity index (χ0) is 19.0. The average molecular weight is 370 g/mol. The quantitative estimate of drug-likeness (QED) is 0.303. The highest BCUT2D eigenvalue weighted by Crippen LogP contribution is 2.31. The van der Waals surface area contributed by atoms with Gasteiger partial charge in [0.1, 0.15) is 5.56 Å². The van der Waals surface area contributed by atoms with E-state index in [4.69, 9.17) is 0 Å². The highest BCUT2D eigenvalue weighted by Gasteiger charge is 2.30. The van der Waals surface area contributed by atoms with Crippen molar-refractivity contribution in [3.63, 3.8) is 0 Å². The minimum Gasteiger partial charge on any atom is -0.465 e. The zero-order valence-electron chi connectivity index (χ0n) is 12.8. The van der Waals surface area contributed by atoms with Crippen molar-refractivity contribution in [2.75, 3.05) is 7.11 Å². The molecule has 0 saturated carbocycles. The third kappa shape index (κ3) is 2.79. The third-order valence-electron chi connectivity index (χ3n) is 3.39. The lowest BCUT2D eigenvalue weighted by Crippen LogP contribution is -2.04. The fraction of sp³-hybridized carbons (Fsp3) is 0.0625. The number of carbonyl (C=O) groups is 1. The van der Waals surface area contributed by atoms with Crippen molar-refractivity contribution in [1.29, 1.82) is 0 Å². The number of hydrogen-bond acceptors (Lipinski definition) is 5. The average Bonchev–Trinajstić information content (AvgIpc) is 3.14. The number of benzene rings is 2. The van der Waals surface area contributed by atoms with Gasteiger partial charge in [-0.25, -0.2) is 26.7 Å². The number of hydrogen-bond donors (Lipinski definition) is 0. The number of nitrogens with zero attached hydrogens (tertiary/aromatic N) is 2. The summed E-state index contributed by atoms with van der Waals surface area (Å²) in [6, 6.07) is 5.63. The number of carbonyl (C=O) groups excluding carboxylic acids is 1. The van der Waals surface area contributed by atoms with Crippen molar-refractivity contribution in [2.24, 2.45) is 0 Å². The van der Waals surface area contributed by atoms with Crippen molar-refractivity contribution < 1.29 is 36.0 Å². The van der Waals surface area contributed by atoms with Crippen molar-refractivity contribution >= 4 is 5.97 Å². The van der Waals surface area contributed by atoms with Crippen LogP contribution in [-0.2, 0) is 4.74 Å². The predicted molar refractivity (Wildman–Crippen MR) is 76.3 cm³/mol. The van der Waals surface area contributed by atoms with Crippen LogP contribution in [0.5, 0.6) is 0 Å². The lowest BCUT2D eigenvalue weighted by atomic mass is 10.1. The molecule has 0 saturated heterocycles. The topological polar surface area (TPSA) is 65.2 Å². The molecule has 1 aromatic heterocycles. The van der Waals surface area contributed by atoms with Crippen molar-refractivity contribution in [3.05, 3.63) is 58.9 Å². The maximum Gasteiger partial charge on any atom is 0.337 e. The molecule has 10 heteroatoms. The standard InChI is InChI=1S/C16H7F5N2O3/c1-25-16(24)7-4-2-3-6(5-7)14-22-15(26-23-14)8-9(17)11(19)13(21)12(20)10(8)18/h2-5H,1H3. The Labute approximate surface area is 142 Å². The molecule has 0 aliphatic rings. The molecule has 2 aromatic carbocycles. The summed E-state index contributed by atoms with van der Waals surface area (Å²) in [4.78, 5) is 15.2. The summed E-state index contributed by atoms with van der Waals surface area (Å²) in [5.74, 6) is -12.5. The van der Waals surface area contributed by atoms with Crippen LogP contribution in [0, 0.1) is 29.1 Å². The lowest BCUT2D eigenvalue weighted by molar-refractivity contribution is 0.0600. The van der Waals surface area contributed by atoms with Gasteiger partial charge >= 0.3 is 5.97 Å². The summed E-state index contributed by atoms with van der Waals surface area (Å²) in [6.07, 6.45) is 0. The first kappa shape index (κ1) is 17.5. The van der Waals surface area contributed by atoms with E-state index in [1.165, 1.54) is 31.4 Å². The number of halogens is 5. The Morgan fingerprint density at radius 3 is 2.23 bits per heavy atom. The van der Waals surface area contributed by atoms with E-state index in [1.807, 2.05) is 0 Å². The van der Waals surface area contributed by atoms with Crippen molar-refractivity contribution in [3.8, 4) is 22.8 Å². The Balaban J connectivity index is 2.09. The molecule has 0 atom stereocenters. The Kier molecular flexibility index (Phi) is 4.41. The molecule has 5 nitrogen and oxygen atoms in total. The zero-order valence-corrected chi connectivity index (χ0v) is 12.8. The molecule has 3 aromatic rings. The highest BCUT2D eigenvalue weighted by atomic mass is 19.2. The van der Waals surface area contributed by atoms with Gasteiger partial charge in [0.05, 0.1) is 12.7 Å². The molecule has 0 fully saturated rings. The molecule has 0 bridgehead atoms. The summed E-state index contributed by atoms with van der Waals surface area (Å²) < 4.78 is 76.5. The second-order valence-electron chi connectivity index (χ2n) is 4.94. The molecular formula is C16H7F5N2O3. The molecule has 0 unspecified atom stereocenters. The molecule has 26 heavy (non-hydrogen) atoms. The van der Waals surface area contributed by atoms with E-state index in [2.05, 4.69) is 19.4 Å². The number of rotatable bonds is 3. The van der Waals surface area contributed by atoms with Gasteiger partial charge in [-0.1, -0.05) is 17.3 Å². The Hall–Kier alpha value is -3.30.